The lowest BCUT2D eigenvalue weighted by Gasteiger charge is -2.24. The summed E-state index contributed by atoms with van der Waals surface area (Å²) in [6, 6.07) is 25.1. The largest absolute Gasteiger partial charge is 0.463 e. The summed E-state index contributed by atoms with van der Waals surface area (Å²) in [6.45, 7) is 6.58. The molecule has 0 spiro atoms. The van der Waals surface area contributed by atoms with E-state index in [-0.39, 0.29) is 12.2 Å². The molecule has 3 aromatic carbocycles. The van der Waals surface area contributed by atoms with Crippen LogP contribution in [0.4, 0.5) is 0 Å². The molecule has 41 heavy (non-hydrogen) atoms. The van der Waals surface area contributed by atoms with Gasteiger partial charge in [-0.25, -0.2) is 9.79 Å². The van der Waals surface area contributed by atoms with Crippen LogP contribution in [-0.2, 0) is 16.1 Å². The van der Waals surface area contributed by atoms with Crippen LogP contribution in [0.25, 0.3) is 17.0 Å². The molecule has 0 saturated carbocycles. The fourth-order valence-electron chi connectivity index (χ4n) is 5.49. The first-order valence-corrected chi connectivity index (χ1v) is 14.6. The number of carbonyl (C=O) groups is 1. The molecule has 1 atom stereocenters. The Morgan fingerprint density at radius 2 is 1.73 bits per heavy atom. The highest BCUT2D eigenvalue weighted by molar-refractivity contribution is 7.07. The highest BCUT2D eigenvalue weighted by Gasteiger charge is 2.33. The number of benzene rings is 3. The van der Waals surface area contributed by atoms with Crippen molar-refractivity contribution in [3.63, 3.8) is 0 Å². The van der Waals surface area contributed by atoms with Crippen LogP contribution in [0.5, 0.6) is 0 Å². The van der Waals surface area contributed by atoms with Crippen LogP contribution in [0.2, 0.25) is 5.02 Å². The molecule has 0 N–H and O–H groups in total. The van der Waals surface area contributed by atoms with Gasteiger partial charge in [0.15, 0.2) is 4.80 Å². The first-order valence-electron chi connectivity index (χ1n) is 13.4. The molecule has 5 aromatic rings. The van der Waals surface area contributed by atoms with E-state index in [4.69, 9.17) is 21.3 Å². The highest BCUT2D eigenvalue weighted by Crippen LogP contribution is 2.32. The van der Waals surface area contributed by atoms with E-state index in [0.29, 0.717) is 25.6 Å². The van der Waals surface area contributed by atoms with Gasteiger partial charge in [0.25, 0.3) is 5.56 Å². The summed E-state index contributed by atoms with van der Waals surface area (Å²) in [4.78, 5) is 32.5. The number of aromatic nitrogens is 2. The van der Waals surface area contributed by atoms with Crippen molar-refractivity contribution in [2.75, 3.05) is 6.61 Å². The third-order valence-corrected chi connectivity index (χ3v) is 8.68. The second-order valence-corrected chi connectivity index (χ2v) is 11.4. The molecule has 1 aliphatic rings. The van der Waals surface area contributed by atoms with Gasteiger partial charge in [0.05, 0.1) is 28.5 Å². The second-order valence-electron chi connectivity index (χ2n) is 9.94. The minimum Gasteiger partial charge on any atom is -0.463 e. The average molecular weight is 582 g/mol. The molecular weight excluding hydrogens is 554 g/mol. The van der Waals surface area contributed by atoms with E-state index in [1.54, 1.807) is 30.5 Å². The van der Waals surface area contributed by atoms with Gasteiger partial charge >= 0.3 is 5.97 Å². The fraction of sp³-hybridized carbons (Fsp3) is 0.182. The average Bonchev–Trinajstić information content (AvgIpc) is 3.42. The molecule has 0 amide bonds. The van der Waals surface area contributed by atoms with E-state index >= 15 is 0 Å². The van der Waals surface area contributed by atoms with E-state index in [1.165, 1.54) is 16.9 Å². The Bertz CT molecular complexity index is 2000. The number of hydrogen-bond donors (Lipinski definition) is 0. The molecule has 0 radical (unpaired) electrons. The van der Waals surface area contributed by atoms with Gasteiger partial charge in [0.1, 0.15) is 0 Å². The predicted molar refractivity (Wildman–Crippen MR) is 164 cm³/mol. The number of thiazole rings is 1. The number of halogens is 1. The quantitative estimate of drug-likeness (QED) is 0.239. The smallest absolute Gasteiger partial charge is 0.338 e. The zero-order chi connectivity index (χ0) is 28.7. The summed E-state index contributed by atoms with van der Waals surface area (Å²) < 4.78 is 9.84. The summed E-state index contributed by atoms with van der Waals surface area (Å²) in [5, 5.41) is 1.64. The van der Waals surface area contributed by atoms with Crippen LogP contribution in [-0.4, -0.2) is 21.7 Å². The number of nitrogens with zero attached hydrogens (tertiary/aromatic N) is 3. The minimum atomic E-state index is -0.676. The molecule has 8 heteroatoms. The molecular formula is C33H28ClN3O3S. The van der Waals surface area contributed by atoms with Crippen LogP contribution in [0.3, 0.4) is 0 Å². The number of rotatable bonds is 6. The molecule has 206 valence electrons. The number of hydrogen-bond acceptors (Lipinski definition) is 5. The van der Waals surface area contributed by atoms with Gasteiger partial charge in [-0.1, -0.05) is 83.6 Å². The van der Waals surface area contributed by atoms with E-state index in [9.17, 15) is 9.59 Å². The van der Waals surface area contributed by atoms with Crippen molar-refractivity contribution in [1.82, 2.24) is 9.13 Å². The molecule has 6 nitrogen and oxygen atoms in total. The zero-order valence-electron chi connectivity index (χ0n) is 22.9. The summed E-state index contributed by atoms with van der Waals surface area (Å²) in [6.07, 6.45) is 1.96. The highest BCUT2D eigenvalue weighted by atomic mass is 35.5. The van der Waals surface area contributed by atoms with Crippen LogP contribution in [0.15, 0.2) is 99.9 Å². The van der Waals surface area contributed by atoms with Gasteiger partial charge in [0, 0.05) is 33.7 Å². The van der Waals surface area contributed by atoms with Crippen molar-refractivity contribution in [1.29, 1.82) is 0 Å². The van der Waals surface area contributed by atoms with Crippen LogP contribution < -0.4 is 14.9 Å². The standard InChI is InChI=1S/C33H28ClN3O3S/c1-4-40-32(39)29-20(2)35-33-37(30(29)23-14-16-24(34)17-15-23)31(38)28(41-33)18-26-21(3)36(19-22-10-6-5-7-11-22)27-13-9-8-12-25(26)27/h5-18,30H,4,19H2,1-3H3/b28-18-/t30-/m0/s1. The number of para-hydroxylation sites is 1. The fourth-order valence-corrected chi connectivity index (χ4v) is 6.65. The first-order chi connectivity index (χ1) is 19.9. The second kappa shape index (κ2) is 11.0. The Labute approximate surface area is 246 Å². The lowest BCUT2D eigenvalue weighted by Crippen LogP contribution is -2.39. The van der Waals surface area contributed by atoms with Crippen LogP contribution in [0.1, 0.15) is 42.3 Å². The van der Waals surface area contributed by atoms with E-state index in [0.717, 1.165) is 34.3 Å². The van der Waals surface area contributed by atoms with Crippen molar-refractivity contribution in [3.8, 4) is 0 Å². The van der Waals surface area contributed by atoms with Crippen molar-refractivity contribution in [2.24, 2.45) is 4.99 Å². The Kier molecular flexibility index (Phi) is 7.24. The Morgan fingerprint density at radius 1 is 1.02 bits per heavy atom. The number of fused-ring (bicyclic) bond motifs is 2. The molecule has 0 bridgehead atoms. The van der Waals surface area contributed by atoms with Gasteiger partial charge in [0.2, 0.25) is 0 Å². The van der Waals surface area contributed by atoms with Crippen molar-refractivity contribution >= 4 is 45.9 Å². The van der Waals surface area contributed by atoms with Gasteiger partial charge in [-0.2, -0.15) is 0 Å². The molecule has 0 saturated heterocycles. The van der Waals surface area contributed by atoms with Crippen molar-refractivity contribution < 1.29 is 9.53 Å². The Balaban J connectivity index is 1.55. The zero-order valence-corrected chi connectivity index (χ0v) is 24.5. The first kappa shape index (κ1) is 27.0. The predicted octanol–water partition coefficient (Wildman–Crippen LogP) is 5.76. The van der Waals surface area contributed by atoms with Gasteiger partial charge in [-0.3, -0.25) is 9.36 Å². The Hall–Kier alpha value is -4.20. The molecule has 0 unspecified atom stereocenters. The summed E-state index contributed by atoms with van der Waals surface area (Å²) in [5.41, 5.74) is 5.80. The maximum Gasteiger partial charge on any atom is 0.338 e. The maximum atomic E-state index is 14.1. The molecule has 6 rings (SSSR count). The third kappa shape index (κ3) is 4.85. The summed E-state index contributed by atoms with van der Waals surface area (Å²) >= 11 is 7.50. The van der Waals surface area contributed by atoms with Gasteiger partial charge < -0.3 is 9.30 Å². The van der Waals surface area contributed by atoms with Gasteiger partial charge in [-0.15, -0.1) is 0 Å². The SMILES string of the molecule is CCOC(=O)C1=C(C)N=c2s/c(=C\c3c(C)n(Cc4ccccc4)c4ccccc34)c(=O)n2[C@H]1c1ccc(Cl)cc1. The van der Waals surface area contributed by atoms with Gasteiger partial charge in [-0.05, 0) is 56.2 Å². The summed E-state index contributed by atoms with van der Waals surface area (Å²) in [5.74, 6) is -0.484. The molecule has 3 heterocycles. The number of esters is 1. The Morgan fingerprint density at radius 3 is 2.46 bits per heavy atom. The molecule has 2 aromatic heterocycles. The van der Waals surface area contributed by atoms with Crippen molar-refractivity contribution in [2.45, 2.75) is 33.4 Å². The number of ether oxygens (including phenoxy) is 1. The molecule has 1 aliphatic heterocycles. The number of carbonyl (C=O) groups excluding carboxylic acids is 1. The third-order valence-electron chi connectivity index (χ3n) is 7.44. The van der Waals surface area contributed by atoms with Crippen molar-refractivity contribution in [3.05, 3.63) is 137 Å². The number of allylic oxidation sites excluding steroid dienone is 1. The van der Waals surface area contributed by atoms with E-state index < -0.39 is 12.0 Å². The summed E-state index contributed by atoms with van der Waals surface area (Å²) in [7, 11) is 0. The lowest BCUT2D eigenvalue weighted by atomic mass is 9.96. The van der Waals surface area contributed by atoms with Crippen LogP contribution >= 0.6 is 22.9 Å². The maximum absolute atomic E-state index is 14.1. The monoisotopic (exact) mass is 581 g/mol. The molecule has 0 aliphatic carbocycles. The van der Waals surface area contributed by atoms with Crippen LogP contribution in [0, 0.1) is 6.92 Å². The molecule has 0 fully saturated rings. The van der Waals surface area contributed by atoms with E-state index in [1.807, 2.05) is 48.5 Å². The topological polar surface area (TPSA) is 65.6 Å². The van der Waals surface area contributed by atoms with E-state index in [2.05, 4.69) is 35.8 Å². The normalized spacial score (nSPS) is 15.2. The minimum absolute atomic E-state index is 0.206. The lowest BCUT2D eigenvalue weighted by molar-refractivity contribution is -0.139.